The van der Waals surface area contributed by atoms with Crippen molar-refractivity contribution in [1.82, 2.24) is 24.6 Å². The summed E-state index contributed by atoms with van der Waals surface area (Å²) in [5.41, 5.74) is 6.89. The lowest BCUT2D eigenvalue weighted by molar-refractivity contribution is 0.278. The number of piperidine rings is 1. The highest BCUT2D eigenvalue weighted by Gasteiger charge is 2.16. The molecular formula is C15H25IN8. The van der Waals surface area contributed by atoms with Crippen molar-refractivity contribution < 1.29 is 0 Å². The van der Waals surface area contributed by atoms with Crippen molar-refractivity contribution in [3.05, 3.63) is 12.5 Å². The van der Waals surface area contributed by atoms with Gasteiger partial charge in [0.2, 0.25) is 0 Å². The van der Waals surface area contributed by atoms with E-state index in [2.05, 4.69) is 37.2 Å². The van der Waals surface area contributed by atoms with Crippen LogP contribution in [0.4, 0.5) is 5.82 Å². The number of guanidine groups is 1. The molecule has 1 saturated heterocycles. The van der Waals surface area contributed by atoms with Crippen molar-refractivity contribution in [3.8, 4) is 0 Å². The zero-order valence-corrected chi connectivity index (χ0v) is 16.5. The van der Waals surface area contributed by atoms with Gasteiger partial charge in [0.15, 0.2) is 11.6 Å². The Morgan fingerprint density at radius 3 is 2.88 bits per heavy atom. The smallest absolute Gasteiger partial charge is 0.191 e. The molecule has 132 valence electrons. The normalized spacial score (nSPS) is 16.2. The third-order valence-corrected chi connectivity index (χ3v) is 4.32. The third kappa shape index (κ3) is 4.25. The van der Waals surface area contributed by atoms with Gasteiger partial charge in [-0.3, -0.25) is 9.67 Å². The third-order valence-electron chi connectivity index (χ3n) is 4.32. The number of fused-ring (bicyclic) bond motifs is 1. The van der Waals surface area contributed by atoms with E-state index < -0.39 is 0 Å². The maximum Gasteiger partial charge on any atom is 0.191 e. The van der Waals surface area contributed by atoms with Crippen molar-refractivity contribution in [3.63, 3.8) is 0 Å². The molecule has 0 saturated carbocycles. The van der Waals surface area contributed by atoms with Crippen molar-refractivity contribution in [2.45, 2.75) is 19.8 Å². The molecule has 8 nitrogen and oxygen atoms in total. The highest BCUT2D eigenvalue weighted by molar-refractivity contribution is 14.0. The maximum absolute atomic E-state index is 6.08. The summed E-state index contributed by atoms with van der Waals surface area (Å²) >= 11 is 0. The van der Waals surface area contributed by atoms with E-state index in [4.69, 9.17) is 5.73 Å². The number of hydrogen-bond donors (Lipinski definition) is 2. The molecule has 9 heteroatoms. The number of aromatic nitrogens is 4. The van der Waals surface area contributed by atoms with Gasteiger partial charge in [0, 0.05) is 26.7 Å². The summed E-state index contributed by atoms with van der Waals surface area (Å²) in [6.07, 6.45) is 5.69. The highest BCUT2D eigenvalue weighted by Crippen LogP contribution is 2.17. The van der Waals surface area contributed by atoms with E-state index in [0.717, 1.165) is 35.9 Å². The van der Waals surface area contributed by atoms with Crippen LogP contribution in [0.2, 0.25) is 0 Å². The van der Waals surface area contributed by atoms with E-state index in [-0.39, 0.29) is 24.0 Å². The Balaban J connectivity index is 0.00000208. The summed E-state index contributed by atoms with van der Waals surface area (Å²) in [6, 6.07) is 0. The van der Waals surface area contributed by atoms with Crippen LogP contribution in [0.5, 0.6) is 0 Å². The maximum atomic E-state index is 6.08. The summed E-state index contributed by atoms with van der Waals surface area (Å²) in [4.78, 5) is 15.1. The molecule has 0 atom stereocenters. The number of nitrogens with two attached hydrogens (primary N) is 1. The molecule has 2 aromatic rings. The lowest BCUT2D eigenvalue weighted by Gasteiger charge is -2.31. The van der Waals surface area contributed by atoms with Gasteiger partial charge in [0.1, 0.15) is 12.1 Å². The zero-order valence-electron chi connectivity index (χ0n) is 14.1. The van der Waals surface area contributed by atoms with Crippen LogP contribution in [-0.2, 0) is 7.05 Å². The number of aliphatic imine (C=N–C) groups is 1. The number of nitrogens with one attached hydrogen (secondary N) is 1. The molecule has 1 aliphatic rings. The molecule has 1 fully saturated rings. The summed E-state index contributed by atoms with van der Waals surface area (Å²) < 4.78 is 1.73. The van der Waals surface area contributed by atoms with E-state index in [1.165, 1.54) is 12.8 Å². The minimum Gasteiger partial charge on any atom is -0.370 e. The summed E-state index contributed by atoms with van der Waals surface area (Å²) in [5.74, 6) is 2.22. The molecule has 0 radical (unpaired) electrons. The molecule has 0 spiro atoms. The van der Waals surface area contributed by atoms with Crippen LogP contribution in [0.15, 0.2) is 17.5 Å². The lowest BCUT2D eigenvalue weighted by atomic mass is 10.00. The number of anilines is 1. The van der Waals surface area contributed by atoms with Gasteiger partial charge in [-0.2, -0.15) is 5.10 Å². The molecule has 0 bridgehead atoms. The van der Waals surface area contributed by atoms with Crippen LogP contribution in [0, 0.1) is 5.92 Å². The quantitative estimate of drug-likeness (QED) is 0.321. The van der Waals surface area contributed by atoms with E-state index >= 15 is 0 Å². The first-order valence-corrected chi connectivity index (χ1v) is 8.06. The second kappa shape index (κ2) is 8.45. The van der Waals surface area contributed by atoms with Crippen LogP contribution >= 0.6 is 24.0 Å². The Hall–Kier alpha value is -1.65. The van der Waals surface area contributed by atoms with Gasteiger partial charge in [-0.25, -0.2) is 9.97 Å². The molecule has 0 aromatic carbocycles. The first-order chi connectivity index (χ1) is 11.1. The monoisotopic (exact) mass is 444 g/mol. The Kier molecular flexibility index (Phi) is 6.58. The van der Waals surface area contributed by atoms with Crippen LogP contribution < -0.4 is 11.1 Å². The Labute approximate surface area is 158 Å². The standard InChI is InChI=1S/C15H24N8.HI/c1-11-3-7-23(8-4-11)15(16)18-6-5-17-13-12-9-21-22(2)14(12)20-10-19-13;/h9-11H,3-8H2,1-2H3,(H2,16,18)(H,17,19,20);1H. The average molecular weight is 444 g/mol. The minimum absolute atomic E-state index is 0. The number of hydrogen-bond acceptors (Lipinski definition) is 5. The molecule has 0 aliphatic carbocycles. The average Bonchev–Trinajstić information content (AvgIpc) is 2.94. The molecule has 3 rings (SSSR count). The fourth-order valence-corrected chi connectivity index (χ4v) is 2.79. The van der Waals surface area contributed by atoms with E-state index in [1.807, 2.05) is 7.05 Å². The number of halogens is 1. The number of nitrogens with zero attached hydrogens (tertiary/aromatic N) is 6. The first kappa shape index (κ1) is 18.7. The summed E-state index contributed by atoms with van der Waals surface area (Å²) in [7, 11) is 1.86. The lowest BCUT2D eigenvalue weighted by Crippen LogP contribution is -2.42. The minimum atomic E-state index is 0. The fourth-order valence-electron chi connectivity index (χ4n) is 2.79. The number of aryl methyl sites for hydroxylation is 1. The zero-order chi connectivity index (χ0) is 16.2. The first-order valence-electron chi connectivity index (χ1n) is 8.06. The van der Waals surface area contributed by atoms with Crippen molar-refractivity contribution in [2.75, 3.05) is 31.5 Å². The number of rotatable bonds is 4. The highest BCUT2D eigenvalue weighted by atomic mass is 127. The van der Waals surface area contributed by atoms with Crippen LogP contribution in [-0.4, -0.2) is 56.8 Å². The fraction of sp³-hybridized carbons (Fsp3) is 0.600. The second-order valence-corrected chi connectivity index (χ2v) is 6.06. The second-order valence-electron chi connectivity index (χ2n) is 6.06. The van der Waals surface area contributed by atoms with Gasteiger partial charge in [0.05, 0.1) is 18.1 Å². The van der Waals surface area contributed by atoms with Crippen LogP contribution in [0.1, 0.15) is 19.8 Å². The van der Waals surface area contributed by atoms with E-state index in [9.17, 15) is 0 Å². The van der Waals surface area contributed by atoms with Crippen LogP contribution in [0.25, 0.3) is 11.0 Å². The van der Waals surface area contributed by atoms with Crippen molar-refractivity contribution in [1.29, 1.82) is 0 Å². The van der Waals surface area contributed by atoms with Gasteiger partial charge < -0.3 is 16.0 Å². The number of likely N-dealkylation sites (tertiary alicyclic amines) is 1. The van der Waals surface area contributed by atoms with E-state index in [0.29, 0.717) is 19.0 Å². The van der Waals surface area contributed by atoms with Crippen LogP contribution in [0.3, 0.4) is 0 Å². The van der Waals surface area contributed by atoms with Gasteiger partial charge in [-0.1, -0.05) is 6.92 Å². The Morgan fingerprint density at radius 1 is 1.38 bits per heavy atom. The summed E-state index contributed by atoms with van der Waals surface area (Å²) in [5, 5.41) is 8.39. The Bertz CT molecular complexity index is 690. The molecule has 1 aliphatic heterocycles. The molecule has 2 aromatic heterocycles. The predicted molar refractivity (Wildman–Crippen MR) is 107 cm³/mol. The largest absolute Gasteiger partial charge is 0.370 e. The SMILES string of the molecule is CC1CCN(C(N)=NCCNc2ncnc3c2cnn3C)CC1.I. The van der Waals surface area contributed by atoms with Gasteiger partial charge in [0.25, 0.3) is 0 Å². The molecule has 0 amide bonds. The molecule has 3 heterocycles. The van der Waals surface area contributed by atoms with Gasteiger partial charge in [-0.05, 0) is 18.8 Å². The molecule has 0 unspecified atom stereocenters. The van der Waals surface area contributed by atoms with Crippen molar-refractivity contribution in [2.24, 2.45) is 23.7 Å². The molecule has 3 N–H and O–H groups in total. The van der Waals surface area contributed by atoms with Gasteiger partial charge >= 0.3 is 0 Å². The predicted octanol–water partition coefficient (Wildman–Crippen LogP) is 1.44. The van der Waals surface area contributed by atoms with Gasteiger partial charge in [-0.15, -0.1) is 24.0 Å². The van der Waals surface area contributed by atoms with E-state index in [1.54, 1.807) is 17.2 Å². The molecule has 24 heavy (non-hydrogen) atoms. The summed E-state index contributed by atoms with van der Waals surface area (Å²) in [6.45, 7) is 5.59. The Morgan fingerprint density at radius 2 is 2.12 bits per heavy atom. The topological polar surface area (TPSA) is 97.2 Å². The van der Waals surface area contributed by atoms with Crippen molar-refractivity contribution >= 4 is 46.8 Å². The molecular weight excluding hydrogens is 419 g/mol.